The summed E-state index contributed by atoms with van der Waals surface area (Å²) in [7, 11) is 0. The van der Waals surface area contributed by atoms with Crippen molar-refractivity contribution in [1.29, 1.82) is 0 Å². The van der Waals surface area contributed by atoms with E-state index in [2.05, 4.69) is 19.9 Å². The Morgan fingerprint density at radius 1 is 0.424 bits per heavy atom. The van der Waals surface area contributed by atoms with E-state index in [1.54, 1.807) is 107 Å². The molecule has 0 radical (unpaired) electrons. The van der Waals surface area contributed by atoms with E-state index >= 15 is 0 Å². The second-order valence-corrected chi connectivity index (χ2v) is 16.4. The van der Waals surface area contributed by atoms with Crippen molar-refractivity contribution in [3.8, 4) is 0 Å². The van der Waals surface area contributed by atoms with Crippen LogP contribution in [0.3, 0.4) is 0 Å². The molecule has 6 N–H and O–H groups in total. The number of nitrogens with zero attached hydrogens (tertiary/aromatic N) is 2. The quantitative estimate of drug-likeness (QED) is 0.0348. The molecule has 1 aromatic carbocycles. The van der Waals surface area contributed by atoms with Crippen LogP contribution in [0.1, 0.15) is 148 Å². The molecule has 16 heteroatoms. The molecular weight excluding hydrogens is 845 g/mol. The van der Waals surface area contributed by atoms with Gasteiger partial charge >= 0.3 is 23.9 Å². The number of esters is 4. The number of pyridine rings is 2. The van der Waals surface area contributed by atoms with Crippen molar-refractivity contribution in [3.05, 3.63) is 138 Å². The number of rotatable bonds is 14. The van der Waals surface area contributed by atoms with E-state index in [1.165, 1.54) is 0 Å². The molecule has 0 aliphatic carbocycles. The number of carbonyl (C=O) groups excluding carboxylic acids is 4. The zero-order valence-electron chi connectivity index (χ0n) is 39.3. The van der Waals surface area contributed by atoms with Crippen LogP contribution in [0.15, 0.2) is 36.4 Å². The molecule has 0 saturated carbocycles. The van der Waals surface area contributed by atoms with Gasteiger partial charge in [0.15, 0.2) is 11.2 Å². The number of benzene rings is 1. The lowest BCUT2D eigenvalue weighted by molar-refractivity contribution is 0.0506. The third-order valence-corrected chi connectivity index (χ3v) is 12.9. The fourth-order valence-corrected chi connectivity index (χ4v) is 8.76. The summed E-state index contributed by atoms with van der Waals surface area (Å²) in [5, 5.41) is 28.3. The van der Waals surface area contributed by atoms with Gasteiger partial charge in [0, 0.05) is 10.8 Å². The highest BCUT2D eigenvalue weighted by atomic mass is 16.5. The molecule has 346 valence electrons. The van der Waals surface area contributed by atoms with Crippen LogP contribution in [-0.2, 0) is 30.1 Å². The van der Waals surface area contributed by atoms with Gasteiger partial charge in [-0.25, -0.2) is 29.1 Å². The molecule has 6 heterocycles. The second kappa shape index (κ2) is 17.7. The van der Waals surface area contributed by atoms with E-state index in [4.69, 9.17) is 28.9 Å². The summed E-state index contributed by atoms with van der Waals surface area (Å²) in [4.78, 5) is 76.1. The van der Waals surface area contributed by atoms with Gasteiger partial charge in [-0.05, 0) is 140 Å². The number of carbonyl (C=O) groups is 4. The standard InChI is InChI=1S/C50H56N6O10/c1-13-63-45(57)35-23(5)27(9)41(53-35)49(61,42-28(10)24(6)36(54-42)46(58)64-14-2)33-21-19-31-17-18-32-20-22-34(52-40(32)39(31)51-33)50(62,43-29(11)25(7)37(55-43)47(59)65-15-3)44-30(12)26(8)38(56-44)48(60)66-16-4/h17-22,53-56,61-62H,13-16H2,1-12H3. The zero-order chi connectivity index (χ0) is 48.2. The highest BCUT2D eigenvalue weighted by molar-refractivity contribution is 6.03. The Bertz CT molecular complexity index is 2750. The lowest BCUT2D eigenvalue weighted by Gasteiger charge is -2.29. The van der Waals surface area contributed by atoms with Crippen LogP contribution in [-0.4, -0.2) is 90.4 Å². The minimum absolute atomic E-state index is 0.106. The third kappa shape index (κ3) is 7.33. The topological polar surface area (TPSA) is 235 Å². The number of aromatic amines is 4. The van der Waals surface area contributed by atoms with E-state index in [0.717, 1.165) is 0 Å². The van der Waals surface area contributed by atoms with Crippen LogP contribution in [0, 0.1) is 55.4 Å². The Balaban J connectivity index is 1.54. The van der Waals surface area contributed by atoms with E-state index in [1.807, 2.05) is 12.1 Å². The Labute approximate surface area is 381 Å². The summed E-state index contributed by atoms with van der Waals surface area (Å²) in [6.07, 6.45) is 0. The lowest BCUT2D eigenvalue weighted by atomic mass is 9.85. The minimum atomic E-state index is -2.15. The van der Waals surface area contributed by atoms with Gasteiger partial charge < -0.3 is 49.1 Å². The van der Waals surface area contributed by atoms with Crippen molar-refractivity contribution in [2.45, 2.75) is 94.3 Å². The van der Waals surface area contributed by atoms with Gasteiger partial charge in [-0.15, -0.1) is 0 Å². The Kier molecular flexibility index (Phi) is 12.6. The van der Waals surface area contributed by atoms with E-state index in [0.29, 0.717) is 66.3 Å². The maximum absolute atomic E-state index is 13.5. The molecule has 0 amide bonds. The van der Waals surface area contributed by atoms with E-state index < -0.39 is 35.1 Å². The maximum atomic E-state index is 13.5. The van der Waals surface area contributed by atoms with Gasteiger partial charge in [0.2, 0.25) is 0 Å². The van der Waals surface area contributed by atoms with Gasteiger partial charge in [-0.3, -0.25) is 0 Å². The molecule has 6 aromatic heterocycles. The van der Waals surface area contributed by atoms with Crippen LogP contribution in [0.5, 0.6) is 0 Å². The first-order chi connectivity index (χ1) is 31.3. The number of aliphatic hydroxyl groups is 2. The largest absolute Gasteiger partial charge is 0.461 e. The molecule has 0 fully saturated rings. The van der Waals surface area contributed by atoms with Crippen molar-refractivity contribution in [2.75, 3.05) is 26.4 Å². The monoisotopic (exact) mass is 900 g/mol. The molecule has 66 heavy (non-hydrogen) atoms. The normalized spacial score (nSPS) is 12.0. The van der Waals surface area contributed by atoms with Crippen molar-refractivity contribution in [3.63, 3.8) is 0 Å². The Morgan fingerprint density at radius 3 is 0.879 bits per heavy atom. The number of aromatic nitrogens is 6. The highest BCUT2D eigenvalue weighted by Crippen LogP contribution is 2.44. The first kappa shape index (κ1) is 46.9. The van der Waals surface area contributed by atoms with Crippen molar-refractivity contribution >= 4 is 45.7 Å². The third-order valence-electron chi connectivity index (χ3n) is 12.9. The average molecular weight is 901 g/mol. The molecule has 0 spiro atoms. The zero-order valence-corrected chi connectivity index (χ0v) is 39.3. The number of nitrogens with one attached hydrogen (secondary N) is 4. The molecule has 0 bridgehead atoms. The fraction of sp³-hybridized carbons (Fsp3) is 0.360. The SMILES string of the molecule is CCOC(=O)c1[nH]c(C(O)(c2ccc3ccc4ccc(C(O)(c5[nH]c(C(=O)OCC)c(C)c5C)c5[nH]c(C(=O)OCC)c(C)c5C)nc4c3n2)c2[nH]c(C(=O)OCC)c(C)c2C)c(C)c1C. The molecule has 7 rings (SSSR count). The Hall–Kier alpha value is -7.04. The van der Waals surface area contributed by atoms with Crippen molar-refractivity contribution in [2.24, 2.45) is 0 Å². The number of ether oxygens (including phenoxy) is 4. The van der Waals surface area contributed by atoms with Crippen molar-refractivity contribution in [1.82, 2.24) is 29.9 Å². The van der Waals surface area contributed by atoms with Gasteiger partial charge in [0.05, 0.1) is 71.6 Å². The molecular formula is C50H56N6O10. The van der Waals surface area contributed by atoms with Crippen LogP contribution >= 0.6 is 0 Å². The van der Waals surface area contributed by atoms with Crippen LogP contribution in [0.25, 0.3) is 21.8 Å². The number of hydrogen-bond donors (Lipinski definition) is 6. The smallest absolute Gasteiger partial charge is 0.355 e. The first-order valence-corrected chi connectivity index (χ1v) is 21.9. The van der Waals surface area contributed by atoms with Gasteiger partial charge in [-0.1, -0.05) is 24.3 Å². The minimum Gasteiger partial charge on any atom is -0.461 e. The summed E-state index contributed by atoms with van der Waals surface area (Å²) < 4.78 is 21.5. The van der Waals surface area contributed by atoms with E-state index in [9.17, 15) is 29.4 Å². The van der Waals surface area contributed by atoms with Crippen LogP contribution < -0.4 is 0 Å². The lowest BCUT2D eigenvalue weighted by Crippen LogP contribution is -2.33. The maximum Gasteiger partial charge on any atom is 0.355 e. The molecule has 0 atom stereocenters. The first-order valence-electron chi connectivity index (χ1n) is 21.9. The highest BCUT2D eigenvalue weighted by Gasteiger charge is 2.46. The summed E-state index contributed by atoms with van der Waals surface area (Å²) in [5.41, 5.74) is 2.40. The van der Waals surface area contributed by atoms with Gasteiger partial charge in [0.25, 0.3) is 0 Å². The number of H-pyrrole nitrogens is 4. The second-order valence-electron chi connectivity index (χ2n) is 16.4. The molecule has 0 saturated heterocycles. The summed E-state index contributed by atoms with van der Waals surface area (Å²) >= 11 is 0. The predicted octanol–water partition coefficient (Wildman–Crippen LogP) is 7.84. The van der Waals surface area contributed by atoms with Crippen LogP contribution in [0.2, 0.25) is 0 Å². The fourth-order valence-electron chi connectivity index (χ4n) is 8.76. The number of fused-ring (bicyclic) bond motifs is 3. The molecule has 7 aromatic rings. The van der Waals surface area contributed by atoms with Crippen molar-refractivity contribution < 1.29 is 48.3 Å². The summed E-state index contributed by atoms with van der Waals surface area (Å²) in [6, 6.07) is 10.6. The van der Waals surface area contributed by atoms with Gasteiger partial charge in [0.1, 0.15) is 22.8 Å². The molecule has 16 nitrogen and oxygen atoms in total. The van der Waals surface area contributed by atoms with E-state index in [-0.39, 0.29) is 83.4 Å². The summed E-state index contributed by atoms with van der Waals surface area (Å²) in [6.45, 7) is 21.4. The molecule has 0 aliphatic rings. The van der Waals surface area contributed by atoms with Crippen LogP contribution in [0.4, 0.5) is 0 Å². The predicted molar refractivity (Wildman–Crippen MR) is 246 cm³/mol. The average Bonchev–Trinajstić information content (AvgIpc) is 3.99. The molecule has 0 aliphatic heterocycles. The number of hydrogen-bond acceptors (Lipinski definition) is 12. The Morgan fingerprint density at radius 2 is 0.652 bits per heavy atom. The molecule has 0 unspecified atom stereocenters. The van der Waals surface area contributed by atoms with Gasteiger partial charge in [-0.2, -0.15) is 0 Å². The summed E-state index contributed by atoms with van der Waals surface area (Å²) in [5.74, 6) is -2.43.